The molecular weight excluding hydrogens is 292 g/mol. The molecule has 114 valence electrons. The van der Waals surface area contributed by atoms with Crippen LogP contribution in [-0.2, 0) is 20.8 Å². The minimum Gasteiger partial charge on any atom is -0.467 e. The Morgan fingerprint density at radius 2 is 2.33 bits per heavy atom. The lowest BCUT2D eigenvalue weighted by atomic mass is 10.3. The van der Waals surface area contributed by atoms with Crippen LogP contribution in [0.2, 0.25) is 0 Å². The topological polar surface area (TPSA) is 84.5 Å². The van der Waals surface area contributed by atoms with Gasteiger partial charge in [-0.15, -0.1) is 11.8 Å². The molecule has 1 rings (SSSR count). The van der Waals surface area contributed by atoms with E-state index < -0.39 is 5.97 Å². The highest BCUT2D eigenvalue weighted by Gasteiger charge is 2.17. The molecular formula is C14H18N2O4S. The van der Waals surface area contributed by atoms with Crippen LogP contribution in [0.3, 0.4) is 0 Å². The largest absolute Gasteiger partial charge is 0.467 e. The second kappa shape index (κ2) is 9.91. The van der Waals surface area contributed by atoms with Crippen molar-refractivity contribution >= 4 is 17.7 Å². The Balaban J connectivity index is 2.62. The van der Waals surface area contributed by atoms with E-state index in [2.05, 4.69) is 5.32 Å². The van der Waals surface area contributed by atoms with Crippen molar-refractivity contribution in [2.45, 2.75) is 13.5 Å². The lowest BCUT2D eigenvalue weighted by Crippen LogP contribution is -2.18. The van der Waals surface area contributed by atoms with Gasteiger partial charge in [-0.3, -0.25) is 0 Å². The summed E-state index contributed by atoms with van der Waals surface area (Å²) in [5.74, 6) is 0.0528. The van der Waals surface area contributed by atoms with Crippen molar-refractivity contribution in [1.29, 1.82) is 5.26 Å². The average molecular weight is 310 g/mol. The van der Waals surface area contributed by atoms with Crippen molar-refractivity contribution in [3.63, 3.8) is 0 Å². The van der Waals surface area contributed by atoms with Crippen LogP contribution < -0.4 is 5.32 Å². The Bertz CT molecular complexity index is 506. The molecule has 0 atom stereocenters. The van der Waals surface area contributed by atoms with E-state index in [1.54, 1.807) is 24.7 Å². The van der Waals surface area contributed by atoms with E-state index in [1.165, 1.54) is 11.8 Å². The van der Waals surface area contributed by atoms with Crippen molar-refractivity contribution in [1.82, 2.24) is 5.32 Å². The van der Waals surface area contributed by atoms with E-state index in [0.717, 1.165) is 0 Å². The van der Waals surface area contributed by atoms with Gasteiger partial charge in [0.1, 0.15) is 18.4 Å². The summed E-state index contributed by atoms with van der Waals surface area (Å²) in [5, 5.41) is 12.6. The fourth-order valence-corrected chi connectivity index (χ4v) is 1.99. The number of ether oxygens (including phenoxy) is 2. The zero-order valence-corrected chi connectivity index (χ0v) is 12.9. The Morgan fingerprint density at radius 3 is 2.90 bits per heavy atom. The van der Waals surface area contributed by atoms with Crippen LogP contribution in [0.1, 0.15) is 12.7 Å². The van der Waals surface area contributed by atoms with Gasteiger partial charge in [0.15, 0.2) is 5.57 Å². The van der Waals surface area contributed by atoms with E-state index in [-0.39, 0.29) is 12.2 Å². The minimum atomic E-state index is -0.659. The van der Waals surface area contributed by atoms with Crippen LogP contribution in [0.25, 0.3) is 0 Å². The van der Waals surface area contributed by atoms with Crippen LogP contribution >= 0.6 is 11.8 Å². The Kier molecular flexibility index (Phi) is 8.09. The first-order valence-corrected chi connectivity index (χ1v) is 7.64. The van der Waals surface area contributed by atoms with Crippen LogP contribution in [0, 0.1) is 11.3 Å². The maximum Gasteiger partial charge on any atom is 0.351 e. The van der Waals surface area contributed by atoms with Gasteiger partial charge in [0, 0.05) is 6.61 Å². The molecule has 0 bridgehead atoms. The number of hydrogen-bond donors (Lipinski definition) is 1. The molecule has 0 saturated heterocycles. The van der Waals surface area contributed by atoms with Gasteiger partial charge < -0.3 is 19.2 Å². The van der Waals surface area contributed by atoms with Gasteiger partial charge in [-0.05, 0) is 25.3 Å². The summed E-state index contributed by atoms with van der Waals surface area (Å²) >= 11 is 1.27. The molecule has 1 aromatic rings. The molecule has 6 nitrogen and oxygen atoms in total. The number of thioether (sulfide) groups is 1. The summed E-state index contributed by atoms with van der Waals surface area (Å²) in [4.78, 5) is 11.9. The van der Waals surface area contributed by atoms with Gasteiger partial charge >= 0.3 is 5.97 Å². The number of furan rings is 1. The number of esters is 1. The lowest BCUT2D eigenvalue weighted by Gasteiger charge is -2.10. The first kappa shape index (κ1) is 17.1. The monoisotopic (exact) mass is 310 g/mol. The number of rotatable bonds is 9. The van der Waals surface area contributed by atoms with Crippen LogP contribution in [0.15, 0.2) is 33.4 Å². The third-order valence-electron chi connectivity index (χ3n) is 2.42. The SMILES string of the molecule is CCOCCOC(=O)/C(C#N)=C(/NCc1ccco1)SC. The molecule has 0 aromatic carbocycles. The van der Waals surface area contributed by atoms with Gasteiger partial charge in [0.05, 0.1) is 24.4 Å². The molecule has 0 amide bonds. The van der Waals surface area contributed by atoms with E-state index in [1.807, 2.05) is 13.0 Å². The summed E-state index contributed by atoms with van der Waals surface area (Å²) < 4.78 is 15.3. The average Bonchev–Trinajstić information content (AvgIpc) is 3.01. The molecule has 1 N–H and O–H groups in total. The second-order valence-electron chi connectivity index (χ2n) is 3.79. The lowest BCUT2D eigenvalue weighted by molar-refractivity contribution is -0.140. The summed E-state index contributed by atoms with van der Waals surface area (Å²) in [6.45, 7) is 3.24. The van der Waals surface area contributed by atoms with Gasteiger partial charge in [-0.25, -0.2) is 4.79 Å². The Hall–Kier alpha value is -1.91. The summed E-state index contributed by atoms with van der Waals surface area (Å²) in [6, 6.07) is 5.45. The molecule has 7 heteroatoms. The molecule has 0 spiro atoms. The Morgan fingerprint density at radius 1 is 1.52 bits per heavy atom. The van der Waals surface area contributed by atoms with Crippen molar-refractivity contribution in [3.8, 4) is 6.07 Å². The number of nitriles is 1. The van der Waals surface area contributed by atoms with Gasteiger partial charge in [-0.1, -0.05) is 0 Å². The molecule has 0 saturated carbocycles. The molecule has 0 aliphatic heterocycles. The molecule has 0 unspecified atom stereocenters. The Labute approximate surface area is 128 Å². The summed E-state index contributed by atoms with van der Waals surface area (Å²) in [6.07, 6.45) is 3.34. The molecule has 0 radical (unpaired) electrons. The third kappa shape index (κ3) is 5.94. The number of carbonyl (C=O) groups is 1. The number of nitrogens with zero attached hydrogens (tertiary/aromatic N) is 1. The third-order valence-corrected chi connectivity index (χ3v) is 3.17. The fraction of sp³-hybridized carbons (Fsp3) is 0.429. The highest BCUT2D eigenvalue weighted by Crippen LogP contribution is 2.16. The van der Waals surface area contributed by atoms with E-state index in [4.69, 9.17) is 19.2 Å². The predicted octanol–water partition coefficient (Wildman–Crippen LogP) is 2.05. The van der Waals surface area contributed by atoms with Crippen LogP contribution in [0.4, 0.5) is 0 Å². The number of nitrogens with one attached hydrogen (secondary N) is 1. The summed E-state index contributed by atoms with van der Waals surface area (Å²) in [5.41, 5.74) is -0.0504. The first-order chi connectivity index (χ1) is 10.2. The molecule has 0 aliphatic rings. The van der Waals surface area contributed by atoms with Crippen molar-refractivity contribution in [3.05, 3.63) is 34.8 Å². The fourth-order valence-electron chi connectivity index (χ4n) is 1.44. The molecule has 1 aromatic heterocycles. The maximum absolute atomic E-state index is 11.9. The number of hydrogen-bond acceptors (Lipinski definition) is 7. The van der Waals surface area contributed by atoms with Crippen molar-refractivity contribution in [2.24, 2.45) is 0 Å². The highest BCUT2D eigenvalue weighted by atomic mass is 32.2. The smallest absolute Gasteiger partial charge is 0.351 e. The maximum atomic E-state index is 11.9. The second-order valence-corrected chi connectivity index (χ2v) is 4.60. The van der Waals surface area contributed by atoms with Gasteiger partial charge in [-0.2, -0.15) is 5.26 Å². The van der Waals surface area contributed by atoms with Gasteiger partial charge in [0.25, 0.3) is 0 Å². The van der Waals surface area contributed by atoms with Crippen molar-refractivity contribution in [2.75, 3.05) is 26.1 Å². The molecule has 0 fully saturated rings. The highest BCUT2D eigenvalue weighted by molar-refractivity contribution is 8.02. The zero-order valence-electron chi connectivity index (χ0n) is 12.0. The zero-order chi connectivity index (χ0) is 15.5. The summed E-state index contributed by atoms with van der Waals surface area (Å²) in [7, 11) is 0. The molecule has 1 heterocycles. The first-order valence-electron chi connectivity index (χ1n) is 6.42. The quantitative estimate of drug-likeness (QED) is 0.323. The number of carbonyl (C=O) groups excluding carboxylic acids is 1. The van der Waals surface area contributed by atoms with E-state index >= 15 is 0 Å². The molecule has 0 aliphatic carbocycles. The van der Waals surface area contributed by atoms with E-state index in [0.29, 0.717) is 30.5 Å². The molecule has 21 heavy (non-hydrogen) atoms. The van der Waals surface area contributed by atoms with Crippen molar-refractivity contribution < 1.29 is 18.7 Å². The minimum absolute atomic E-state index is 0.0504. The van der Waals surface area contributed by atoms with Crippen LogP contribution in [0.5, 0.6) is 0 Å². The van der Waals surface area contributed by atoms with Gasteiger partial charge in [0.2, 0.25) is 0 Å². The van der Waals surface area contributed by atoms with E-state index in [9.17, 15) is 4.79 Å². The van der Waals surface area contributed by atoms with Crippen LogP contribution in [-0.4, -0.2) is 32.0 Å². The standard InChI is InChI=1S/C14H18N2O4S/c1-3-18-7-8-20-14(17)12(9-15)13(21-2)16-10-11-5-4-6-19-11/h4-6,16H,3,7-8,10H2,1-2H3/b13-12-. The predicted molar refractivity (Wildman–Crippen MR) is 79.2 cm³/mol. The normalized spacial score (nSPS) is 11.5.